The predicted molar refractivity (Wildman–Crippen MR) is 136 cm³/mol. The van der Waals surface area contributed by atoms with E-state index in [2.05, 4.69) is 36.2 Å². The Balaban J connectivity index is 1.42. The molecule has 1 aliphatic carbocycles. The molecule has 0 unspecified atom stereocenters. The molecular formula is C25H28N6OS2. The van der Waals surface area contributed by atoms with E-state index in [-0.39, 0.29) is 5.78 Å². The minimum atomic E-state index is 0.0927. The van der Waals surface area contributed by atoms with E-state index in [0.29, 0.717) is 17.7 Å². The van der Waals surface area contributed by atoms with E-state index in [1.165, 1.54) is 31.0 Å². The Labute approximate surface area is 207 Å². The SMILES string of the molecule is Cc1cc(C(=O)CSc2nnc(-c3cccnc3)n2[C@H]2CCCC[C@@H]2C)c(C)n1-c1nccs1. The molecule has 9 heteroatoms. The van der Waals surface area contributed by atoms with Gasteiger partial charge in [0.2, 0.25) is 0 Å². The fourth-order valence-electron chi connectivity index (χ4n) is 4.92. The third-order valence-corrected chi connectivity index (χ3v) is 8.36. The van der Waals surface area contributed by atoms with Crippen LogP contribution in [0.4, 0.5) is 0 Å². The van der Waals surface area contributed by atoms with E-state index in [1.807, 2.05) is 43.6 Å². The highest BCUT2D eigenvalue weighted by Crippen LogP contribution is 2.39. The Morgan fingerprint density at radius 3 is 2.79 bits per heavy atom. The van der Waals surface area contributed by atoms with Crippen LogP contribution in [0.1, 0.15) is 60.4 Å². The molecule has 0 aliphatic heterocycles. The lowest BCUT2D eigenvalue weighted by Crippen LogP contribution is -2.22. The number of pyridine rings is 1. The number of rotatable bonds is 7. The third-order valence-electron chi connectivity index (χ3n) is 6.66. The van der Waals surface area contributed by atoms with E-state index in [4.69, 9.17) is 0 Å². The predicted octanol–water partition coefficient (Wildman–Crippen LogP) is 5.93. The highest BCUT2D eigenvalue weighted by molar-refractivity contribution is 7.99. The Kier molecular flexibility index (Phi) is 6.65. The highest BCUT2D eigenvalue weighted by atomic mass is 32.2. The molecule has 1 aliphatic rings. The molecule has 4 aromatic heterocycles. The lowest BCUT2D eigenvalue weighted by Gasteiger charge is -2.31. The zero-order valence-corrected chi connectivity index (χ0v) is 21.3. The summed E-state index contributed by atoms with van der Waals surface area (Å²) < 4.78 is 4.31. The number of hydrogen-bond acceptors (Lipinski definition) is 7. The quantitative estimate of drug-likeness (QED) is 0.235. The largest absolute Gasteiger partial charge is 0.299 e. The molecule has 5 rings (SSSR count). The van der Waals surface area contributed by atoms with E-state index in [0.717, 1.165) is 45.0 Å². The maximum absolute atomic E-state index is 13.3. The molecule has 7 nitrogen and oxygen atoms in total. The number of aromatic nitrogens is 6. The van der Waals surface area contributed by atoms with Crippen molar-refractivity contribution in [2.24, 2.45) is 5.92 Å². The van der Waals surface area contributed by atoms with Gasteiger partial charge in [0.05, 0.1) is 5.75 Å². The fraction of sp³-hybridized carbons (Fsp3) is 0.400. The van der Waals surface area contributed by atoms with Gasteiger partial charge in [0, 0.05) is 52.5 Å². The number of hydrogen-bond donors (Lipinski definition) is 0. The van der Waals surface area contributed by atoms with Gasteiger partial charge in [-0.3, -0.25) is 18.9 Å². The van der Waals surface area contributed by atoms with Gasteiger partial charge in [-0.15, -0.1) is 21.5 Å². The van der Waals surface area contributed by atoms with Crippen molar-refractivity contribution in [3.63, 3.8) is 0 Å². The van der Waals surface area contributed by atoms with Gasteiger partial charge < -0.3 is 0 Å². The maximum Gasteiger partial charge on any atom is 0.193 e. The number of carbonyl (C=O) groups is 1. The molecule has 2 atom stereocenters. The normalized spacial score (nSPS) is 18.3. The summed E-state index contributed by atoms with van der Waals surface area (Å²) in [4.78, 5) is 22.0. The lowest BCUT2D eigenvalue weighted by molar-refractivity contribution is 0.102. The Morgan fingerprint density at radius 1 is 1.21 bits per heavy atom. The van der Waals surface area contributed by atoms with Gasteiger partial charge in [-0.25, -0.2) is 4.98 Å². The maximum atomic E-state index is 13.3. The molecule has 1 saturated carbocycles. The van der Waals surface area contributed by atoms with Crippen molar-refractivity contribution < 1.29 is 4.79 Å². The Morgan fingerprint density at radius 2 is 2.06 bits per heavy atom. The molecule has 0 radical (unpaired) electrons. The van der Waals surface area contributed by atoms with Crippen LogP contribution in [0.5, 0.6) is 0 Å². The van der Waals surface area contributed by atoms with Crippen LogP contribution in [0, 0.1) is 19.8 Å². The van der Waals surface area contributed by atoms with E-state index < -0.39 is 0 Å². The van der Waals surface area contributed by atoms with Gasteiger partial charge in [0.1, 0.15) is 0 Å². The Hall–Kier alpha value is -2.78. The number of aryl methyl sites for hydroxylation is 1. The minimum absolute atomic E-state index is 0.0927. The van der Waals surface area contributed by atoms with Crippen molar-refractivity contribution in [1.29, 1.82) is 0 Å². The van der Waals surface area contributed by atoms with Gasteiger partial charge in [-0.05, 0) is 50.8 Å². The van der Waals surface area contributed by atoms with Crippen molar-refractivity contribution >= 4 is 28.9 Å². The molecule has 0 saturated heterocycles. The van der Waals surface area contributed by atoms with E-state index >= 15 is 0 Å². The highest BCUT2D eigenvalue weighted by Gasteiger charge is 2.29. The van der Waals surface area contributed by atoms with Crippen molar-refractivity contribution in [1.82, 2.24) is 29.3 Å². The molecule has 176 valence electrons. The number of nitrogens with zero attached hydrogens (tertiary/aromatic N) is 6. The molecule has 1 fully saturated rings. The monoisotopic (exact) mass is 492 g/mol. The van der Waals surface area contributed by atoms with Gasteiger partial charge >= 0.3 is 0 Å². The van der Waals surface area contributed by atoms with Crippen LogP contribution in [0.15, 0.2) is 47.3 Å². The summed E-state index contributed by atoms with van der Waals surface area (Å²) in [6, 6.07) is 6.24. The van der Waals surface area contributed by atoms with Crippen molar-refractivity contribution in [2.45, 2.75) is 57.7 Å². The van der Waals surface area contributed by atoms with Crippen molar-refractivity contribution in [3.05, 3.63) is 59.1 Å². The first kappa shape index (κ1) is 23.0. The molecule has 4 aromatic rings. The van der Waals surface area contributed by atoms with Gasteiger partial charge in [0.15, 0.2) is 21.9 Å². The van der Waals surface area contributed by atoms with Crippen LogP contribution < -0.4 is 0 Å². The summed E-state index contributed by atoms with van der Waals surface area (Å²) >= 11 is 3.05. The fourth-order valence-corrected chi connectivity index (χ4v) is 6.55. The van der Waals surface area contributed by atoms with Crippen LogP contribution in [0.2, 0.25) is 0 Å². The number of carbonyl (C=O) groups excluding carboxylic acids is 1. The number of thiazole rings is 1. The van der Waals surface area contributed by atoms with Crippen LogP contribution in [-0.2, 0) is 0 Å². The zero-order valence-electron chi connectivity index (χ0n) is 19.6. The second kappa shape index (κ2) is 9.84. The Bertz CT molecular complexity index is 1280. The average molecular weight is 493 g/mol. The number of Topliss-reactive ketones (excluding diaryl/α,β-unsaturated/α-hetero) is 1. The molecule has 0 N–H and O–H groups in total. The first-order valence-electron chi connectivity index (χ1n) is 11.6. The summed E-state index contributed by atoms with van der Waals surface area (Å²) in [5.74, 6) is 1.78. The van der Waals surface area contributed by atoms with Crippen LogP contribution in [-0.4, -0.2) is 40.8 Å². The number of thioether (sulfide) groups is 1. The topological polar surface area (TPSA) is 78.5 Å². The number of ketones is 1. The van der Waals surface area contributed by atoms with Gasteiger partial charge in [-0.1, -0.05) is 31.5 Å². The second-order valence-electron chi connectivity index (χ2n) is 8.89. The summed E-state index contributed by atoms with van der Waals surface area (Å²) in [5, 5.41) is 12.7. The molecule has 34 heavy (non-hydrogen) atoms. The van der Waals surface area contributed by atoms with Crippen LogP contribution >= 0.6 is 23.1 Å². The molecular weight excluding hydrogens is 464 g/mol. The van der Waals surface area contributed by atoms with Crippen molar-refractivity contribution in [2.75, 3.05) is 5.75 Å². The van der Waals surface area contributed by atoms with Gasteiger partial charge in [0.25, 0.3) is 0 Å². The van der Waals surface area contributed by atoms with Gasteiger partial charge in [-0.2, -0.15) is 0 Å². The second-order valence-corrected chi connectivity index (χ2v) is 10.7. The van der Waals surface area contributed by atoms with E-state index in [1.54, 1.807) is 23.7 Å². The zero-order chi connectivity index (χ0) is 23.7. The first-order chi connectivity index (χ1) is 16.5. The molecule has 0 amide bonds. The van der Waals surface area contributed by atoms with Crippen LogP contribution in [0.3, 0.4) is 0 Å². The molecule has 0 aromatic carbocycles. The summed E-state index contributed by atoms with van der Waals surface area (Å²) in [6.45, 7) is 6.31. The average Bonchev–Trinajstić information content (AvgIpc) is 3.58. The summed E-state index contributed by atoms with van der Waals surface area (Å²) in [6.07, 6.45) is 10.1. The van der Waals surface area contributed by atoms with Crippen LogP contribution in [0.25, 0.3) is 16.5 Å². The summed E-state index contributed by atoms with van der Waals surface area (Å²) in [5.41, 5.74) is 3.64. The smallest absolute Gasteiger partial charge is 0.193 e. The summed E-state index contributed by atoms with van der Waals surface area (Å²) in [7, 11) is 0. The third kappa shape index (κ3) is 4.34. The molecule has 0 bridgehead atoms. The van der Waals surface area contributed by atoms with E-state index in [9.17, 15) is 4.79 Å². The minimum Gasteiger partial charge on any atom is -0.299 e. The first-order valence-corrected chi connectivity index (χ1v) is 13.5. The standard InChI is InChI=1S/C25H28N6OS2/c1-16-7-4-5-9-21(16)31-23(19-8-6-10-26-14-19)28-29-25(31)34-15-22(32)20-13-17(2)30(18(20)3)24-27-11-12-33-24/h6,8,10-14,16,21H,4-5,7,9,15H2,1-3H3/t16-,21-/m0/s1. The lowest BCUT2D eigenvalue weighted by atomic mass is 9.85. The molecule has 4 heterocycles. The molecule has 0 spiro atoms. The van der Waals surface area contributed by atoms with Crippen molar-refractivity contribution in [3.8, 4) is 16.5 Å².